The average molecular weight is 871 g/mol. The minimum Gasteiger partial charge on any atom is -0.507 e. The molecule has 61 heavy (non-hydrogen) atoms. The number of hydrogen-bond donors (Lipinski definition) is 1. The Morgan fingerprint density at radius 1 is 0.689 bits per heavy atom. The zero-order valence-corrected chi connectivity index (χ0v) is 35.8. The van der Waals surface area contributed by atoms with Crippen LogP contribution in [0.5, 0.6) is 11.5 Å². The minimum absolute atomic E-state index is 0.0836. The molecule has 3 heterocycles. The lowest BCUT2D eigenvalue weighted by Gasteiger charge is -2.23. The Bertz CT molecular complexity index is 2400. The molecule has 3 aliphatic heterocycles. The lowest BCUT2D eigenvalue weighted by Crippen LogP contribution is -2.38. The van der Waals surface area contributed by atoms with Crippen molar-refractivity contribution in [1.29, 1.82) is 0 Å². The van der Waals surface area contributed by atoms with Gasteiger partial charge in [0.2, 0.25) is 17.7 Å². The van der Waals surface area contributed by atoms with Gasteiger partial charge in [0.25, 0.3) is 11.8 Å². The summed E-state index contributed by atoms with van der Waals surface area (Å²) in [4.78, 5) is 84.8. The molecule has 320 valence electrons. The lowest BCUT2D eigenvalue weighted by molar-refractivity contribution is -0.137. The molecule has 4 aromatic rings. The molecule has 0 saturated carbocycles. The van der Waals surface area contributed by atoms with Gasteiger partial charge in [0.05, 0.1) is 11.4 Å². The molecule has 15 heteroatoms. The number of carbonyl (C=O) groups is 6. The van der Waals surface area contributed by atoms with E-state index in [1.54, 1.807) is 40.9 Å². The fraction of sp³-hybridized carbons (Fsp3) is 0.391. The van der Waals surface area contributed by atoms with E-state index in [0.29, 0.717) is 79.8 Å². The summed E-state index contributed by atoms with van der Waals surface area (Å²) >= 11 is 12.9. The summed E-state index contributed by atoms with van der Waals surface area (Å²) in [6.45, 7) is 1.54. The van der Waals surface area contributed by atoms with E-state index in [-0.39, 0.29) is 84.7 Å². The van der Waals surface area contributed by atoms with Crippen LogP contribution in [0.25, 0.3) is 21.5 Å². The molecular formula is C46H49Cl2N5O8. The summed E-state index contributed by atoms with van der Waals surface area (Å²) < 4.78 is 5.98. The molecule has 0 bridgehead atoms. The second kappa shape index (κ2) is 18.9. The summed E-state index contributed by atoms with van der Waals surface area (Å²) in [5.74, 6) is -0.348. The van der Waals surface area contributed by atoms with Crippen LogP contribution >= 0.6 is 23.2 Å². The number of unbranched alkanes of at least 4 members (excludes halogenated alkanes) is 2. The van der Waals surface area contributed by atoms with Crippen molar-refractivity contribution in [2.45, 2.75) is 56.8 Å². The third-order valence-corrected chi connectivity index (χ3v) is 12.7. The van der Waals surface area contributed by atoms with Crippen LogP contribution in [-0.4, -0.2) is 114 Å². The lowest BCUT2D eigenvalue weighted by atomic mass is 9.95. The minimum atomic E-state index is -0.629. The van der Waals surface area contributed by atoms with E-state index in [1.165, 1.54) is 22.0 Å². The highest BCUT2D eigenvalue weighted by molar-refractivity contribution is 6.19. The zero-order valence-electron chi connectivity index (χ0n) is 34.3. The van der Waals surface area contributed by atoms with E-state index in [0.717, 1.165) is 21.9 Å². The van der Waals surface area contributed by atoms with Crippen LogP contribution in [0.15, 0.2) is 72.8 Å². The van der Waals surface area contributed by atoms with Crippen LogP contribution in [0.3, 0.4) is 0 Å². The topological polar surface area (TPSA) is 148 Å². The van der Waals surface area contributed by atoms with E-state index in [1.807, 2.05) is 48.5 Å². The van der Waals surface area contributed by atoms with Gasteiger partial charge in [0.15, 0.2) is 0 Å². The number of amides is 6. The van der Waals surface area contributed by atoms with Gasteiger partial charge in [-0.3, -0.25) is 28.9 Å². The third-order valence-electron chi connectivity index (χ3n) is 11.9. The molecule has 7 rings (SSSR count). The van der Waals surface area contributed by atoms with Crippen molar-refractivity contribution < 1.29 is 38.6 Å². The quantitative estimate of drug-likeness (QED) is 0.0702. The average Bonchev–Trinajstić information content (AvgIpc) is 3.94. The number of nitrogens with zero attached hydrogens (tertiary/aromatic N) is 5. The van der Waals surface area contributed by atoms with Crippen LogP contribution in [0.1, 0.15) is 67.9 Å². The van der Waals surface area contributed by atoms with Crippen molar-refractivity contribution in [3.8, 4) is 11.5 Å². The molecule has 6 amide bonds. The Labute approximate surface area is 364 Å². The van der Waals surface area contributed by atoms with Crippen molar-refractivity contribution in [3.63, 3.8) is 0 Å². The highest BCUT2D eigenvalue weighted by Crippen LogP contribution is 2.47. The van der Waals surface area contributed by atoms with Gasteiger partial charge in [-0.25, -0.2) is 4.79 Å². The molecule has 13 nitrogen and oxygen atoms in total. The van der Waals surface area contributed by atoms with Crippen molar-refractivity contribution in [1.82, 2.24) is 14.7 Å². The van der Waals surface area contributed by atoms with E-state index >= 15 is 0 Å². The smallest absolute Gasteiger partial charge is 0.415 e. The van der Waals surface area contributed by atoms with Gasteiger partial charge in [0.1, 0.15) is 11.5 Å². The van der Waals surface area contributed by atoms with Gasteiger partial charge in [-0.15, -0.1) is 23.2 Å². The second-order valence-corrected chi connectivity index (χ2v) is 16.5. The summed E-state index contributed by atoms with van der Waals surface area (Å²) in [7, 11) is 3.27. The molecule has 0 radical (unpaired) electrons. The van der Waals surface area contributed by atoms with Crippen LogP contribution < -0.4 is 14.5 Å². The van der Waals surface area contributed by atoms with Crippen molar-refractivity contribution in [3.05, 3.63) is 83.9 Å². The van der Waals surface area contributed by atoms with Crippen LogP contribution in [0, 0.1) is 0 Å². The summed E-state index contributed by atoms with van der Waals surface area (Å²) in [5, 5.41) is 13.9. The molecule has 3 aliphatic rings. The number of aromatic hydroxyl groups is 1. The predicted molar refractivity (Wildman–Crippen MR) is 236 cm³/mol. The Morgan fingerprint density at radius 3 is 1.80 bits per heavy atom. The van der Waals surface area contributed by atoms with Crippen molar-refractivity contribution >= 4 is 91.8 Å². The number of anilines is 2. The SMILES string of the molecule is CN(CCN(C)C(=O)Oc1cc2c(c3ccccc13)C(CCl)CN2C(=O)CCCC(=O)N1C[C@@H](CCl)c2c1cc(O)c1ccccc21)C(=O)CCCCCN1C(=O)C=CC1=O. The molecule has 1 N–H and O–H groups in total. The number of benzene rings is 4. The maximum absolute atomic E-state index is 13.9. The van der Waals surface area contributed by atoms with E-state index < -0.39 is 6.09 Å². The number of likely N-dealkylation sites (N-methyl/N-ethyl adjacent to an activating group) is 2. The first-order chi connectivity index (χ1) is 29.4. The van der Waals surface area contributed by atoms with Gasteiger partial charge in [0, 0.05) is 125 Å². The molecule has 2 atom stereocenters. The molecule has 0 spiro atoms. The van der Waals surface area contributed by atoms with E-state index in [2.05, 4.69) is 0 Å². The number of carbonyl (C=O) groups excluding carboxylic acids is 6. The number of rotatable bonds is 16. The number of hydrogen-bond acceptors (Lipinski definition) is 8. The molecular weight excluding hydrogens is 821 g/mol. The monoisotopic (exact) mass is 869 g/mol. The largest absolute Gasteiger partial charge is 0.507 e. The maximum Gasteiger partial charge on any atom is 0.415 e. The van der Waals surface area contributed by atoms with Gasteiger partial charge in [-0.1, -0.05) is 55.0 Å². The van der Waals surface area contributed by atoms with Crippen LogP contribution in [-0.2, 0) is 24.0 Å². The molecule has 4 aromatic carbocycles. The first kappa shape index (κ1) is 43.4. The Balaban J connectivity index is 0.957. The molecule has 0 fully saturated rings. The summed E-state index contributed by atoms with van der Waals surface area (Å²) in [6.07, 6.45) is 4.58. The molecule has 0 aromatic heterocycles. The first-order valence-electron chi connectivity index (χ1n) is 20.6. The summed E-state index contributed by atoms with van der Waals surface area (Å²) in [5.41, 5.74) is 3.09. The normalized spacial score (nSPS) is 16.8. The maximum atomic E-state index is 13.9. The van der Waals surface area contributed by atoms with Gasteiger partial charge >= 0.3 is 6.09 Å². The number of imide groups is 1. The van der Waals surface area contributed by atoms with Crippen molar-refractivity contribution in [2.75, 3.05) is 68.4 Å². The Kier molecular flexibility index (Phi) is 13.5. The molecule has 0 aliphatic carbocycles. The fourth-order valence-corrected chi connectivity index (χ4v) is 9.07. The fourth-order valence-electron chi connectivity index (χ4n) is 8.56. The standard InChI is InChI=1S/C46H49Cl2N5O8/c1-49(39(55)15-4-3-9-20-51-42(58)18-19-43(51)59)21-22-50(2)46(60)61-38-24-36-45(34-14-8-6-12-32(34)38)30(26-48)28-53(36)41(57)17-10-16-40(56)52-27-29(25-47)44-33-13-7-5-11-31(33)37(54)23-35(44)52/h5-8,11-14,18-19,23-24,29-30,54H,3-4,9-10,15-17,20-22,25-28H2,1-2H3/t29-,30?/m1/s1. The Morgan fingerprint density at radius 2 is 1.21 bits per heavy atom. The highest BCUT2D eigenvalue weighted by Gasteiger charge is 2.37. The number of fused-ring (bicyclic) bond motifs is 6. The third kappa shape index (κ3) is 9.04. The Hall–Kier alpha value is -5.66. The molecule has 0 saturated heterocycles. The number of phenols is 1. The van der Waals surface area contributed by atoms with Crippen molar-refractivity contribution in [2.24, 2.45) is 0 Å². The summed E-state index contributed by atoms with van der Waals surface area (Å²) in [6, 6.07) is 18.4. The molecule has 1 unspecified atom stereocenters. The van der Waals surface area contributed by atoms with Crippen LogP contribution in [0.2, 0.25) is 0 Å². The van der Waals surface area contributed by atoms with E-state index in [9.17, 15) is 33.9 Å². The first-order valence-corrected chi connectivity index (χ1v) is 21.7. The predicted octanol–water partition coefficient (Wildman–Crippen LogP) is 7.28. The highest BCUT2D eigenvalue weighted by atomic mass is 35.5. The van der Waals surface area contributed by atoms with Crippen LogP contribution in [0.4, 0.5) is 16.2 Å². The number of alkyl halides is 2. The number of ether oxygens (including phenoxy) is 1. The zero-order chi connectivity index (χ0) is 43.4. The van der Waals surface area contributed by atoms with Gasteiger partial charge in [-0.2, -0.15) is 0 Å². The van der Waals surface area contributed by atoms with Gasteiger partial charge < -0.3 is 29.4 Å². The van der Waals surface area contributed by atoms with E-state index in [4.69, 9.17) is 27.9 Å². The number of phenolic OH excluding ortho intramolecular Hbond substituents is 1. The van der Waals surface area contributed by atoms with Gasteiger partial charge in [-0.05, 0) is 41.2 Å². The number of halogens is 2. The second-order valence-electron chi connectivity index (χ2n) is 15.9.